The van der Waals surface area contributed by atoms with Gasteiger partial charge in [-0.25, -0.2) is 0 Å². The number of carbonyl (C=O) groups is 3. The van der Waals surface area contributed by atoms with Crippen LogP contribution in [0.15, 0.2) is 109 Å². The largest absolute Gasteiger partial charge is 0.481 e. The lowest BCUT2D eigenvalue weighted by Crippen LogP contribution is -2.28. The van der Waals surface area contributed by atoms with Gasteiger partial charge in [0.15, 0.2) is 0 Å². The van der Waals surface area contributed by atoms with Crippen LogP contribution in [-0.2, 0) is 27.2 Å². The van der Waals surface area contributed by atoms with Crippen molar-refractivity contribution in [3.8, 4) is 22.3 Å². The van der Waals surface area contributed by atoms with Gasteiger partial charge in [-0.3, -0.25) is 14.4 Å². The maximum atomic E-state index is 11.8. The molecule has 0 bridgehead atoms. The van der Waals surface area contributed by atoms with E-state index in [1.807, 2.05) is 72.8 Å². The molecule has 0 amide bonds. The second kappa shape index (κ2) is 16.0. The summed E-state index contributed by atoms with van der Waals surface area (Å²) in [4.78, 5) is 33.4. The molecule has 0 unspecified atom stereocenters. The summed E-state index contributed by atoms with van der Waals surface area (Å²) in [5, 5.41) is 17.7. The third kappa shape index (κ3) is 10.5. The number of ketones is 1. The topological polar surface area (TPSA) is 118 Å². The maximum Gasteiger partial charge on any atom is 0.306 e. The highest BCUT2D eigenvalue weighted by molar-refractivity contribution is 5.85. The number of carboxylic acids is 2. The molecule has 0 saturated carbocycles. The molecule has 0 spiro atoms. The first-order valence-electron chi connectivity index (χ1n) is 14.1. The van der Waals surface area contributed by atoms with E-state index in [1.54, 1.807) is 13.8 Å². The third-order valence-electron chi connectivity index (χ3n) is 7.05. The molecular weight excluding hydrogens is 526 g/mol. The van der Waals surface area contributed by atoms with Crippen molar-refractivity contribution in [2.24, 2.45) is 17.6 Å². The van der Waals surface area contributed by atoms with E-state index in [0.29, 0.717) is 12.8 Å². The Labute approximate surface area is 247 Å². The van der Waals surface area contributed by atoms with E-state index in [9.17, 15) is 14.4 Å². The number of carbonyl (C=O) groups excluding carboxylic acids is 1. The summed E-state index contributed by atoms with van der Waals surface area (Å²) in [6, 6.07) is 36.2. The Morgan fingerprint density at radius 2 is 1.00 bits per heavy atom. The van der Waals surface area contributed by atoms with Gasteiger partial charge in [-0.2, -0.15) is 0 Å². The quantitative estimate of drug-likeness (QED) is 0.172. The van der Waals surface area contributed by atoms with Gasteiger partial charge in [0, 0.05) is 18.9 Å². The summed E-state index contributed by atoms with van der Waals surface area (Å²) in [6.45, 7) is 3.25. The second-order valence-corrected chi connectivity index (χ2v) is 10.7. The van der Waals surface area contributed by atoms with Crippen LogP contribution in [0.5, 0.6) is 0 Å². The fraction of sp³-hybridized carbons (Fsp3) is 0.250. The average molecular weight is 566 g/mol. The molecule has 0 fully saturated rings. The number of aliphatic carboxylic acids is 2. The van der Waals surface area contributed by atoms with Crippen LogP contribution in [0.4, 0.5) is 0 Å². The Morgan fingerprint density at radius 1 is 0.595 bits per heavy atom. The Bertz CT molecular complexity index is 1420. The number of rotatable bonds is 12. The van der Waals surface area contributed by atoms with Crippen LogP contribution in [-0.4, -0.2) is 34.0 Å². The van der Waals surface area contributed by atoms with Gasteiger partial charge in [-0.05, 0) is 46.2 Å². The van der Waals surface area contributed by atoms with Crippen LogP contribution < -0.4 is 5.73 Å². The fourth-order valence-electron chi connectivity index (χ4n) is 4.58. The molecule has 0 aliphatic rings. The zero-order chi connectivity index (χ0) is 30.5. The lowest BCUT2D eigenvalue weighted by Gasteiger charge is -2.14. The summed E-state index contributed by atoms with van der Waals surface area (Å²) in [7, 11) is 0. The average Bonchev–Trinajstić information content (AvgIpc) is 2.99. The highest BCUT2D eigenvalue weighted by Gasteiger charge is 2.16. The molecule has 4 aromatic rings. The van der Waals surface area contributed by atoms with Crippen molar-refractivity contribution in [1.29, 1.82) is 0 Å². The van der Waals surface area contributed by atoms with Crippen molar-refractivity contribution in [2.45, 2.75) is 45.6 Å². The molecule has 4 rings (SSSR count). The third-order valence-corrected chi connectivity index (χ3v) is 7.05. The van der Waals surface area contributed by atoms with E-state index in [0.717, 1.165) is 22.3 Å². The van der Waals surface area contributed by atoms with Crippen LogP contribution in [0, 0.1) is 11.8 Å². The molecule has 0 aliphatic carbocycles. The van der Waals surface area contributed by atoms with Crippen LogP contribution in [0.3, 0.4) is 0 Å². The van der Waals surface area contributed by atoms with Crippen molar-refractivity contribution >= 4 is 17.7 Å². The van der Waals surface area contributed by atoms with Gasteiger partial charge in [-0.1, -0.05) is 123 Å². The summed E-state index contributed by atoms with van der Waals surface area (Å²) in [6.07, 6.45) is 1.56. The lowest BCUT2D eigenvalue weighted by molar-refractivity contribution is -0.143. The van der Waals surface area contributed by atoms with Crippen molar-refractivity contribution in [2.75, 3.05) is 0 Å². The molecule has 6 heteroatoms. The van der Waals surface area contributed by atoms with E-state index in [2.05, 4.69) is 36.4 Å². The van der Waals surface area contributed by atoms with Crippen molar-refractivity contribution in [3.05, 3.63) is 120 Å². The fourth-order valence-corrected chi connectivity index (χ4v) is 4.58. The summed E-state index contributed by atoms with van der Waals surface area (Å²) < 4.78 is 0. The molecule has 42 heavy (non-hydrogen) atoms. The smallest absolute Gasteiger partial charge is 0.306 e. The lowest BCUT2D eigenvalue weighted by atomic mass is 9.96. The van der Waals surface area contributed by atoms with Gasteiger partial charge in [0.2, 0.25) is 0 Å². The molecule has 4 N–H and O–H groups in total. The Balaban J connectivity index is 0.000000230. The molecular formula is C36H39NO5. The summed E-state index contributed by atoms with van der Waals surface area (Å²) >= 11 is 0. The Morgan fingerprint density at radius 3 is 1.43 bits per heavy atom. The van der Waals surface area contributed by atoms with Crippen molar-refractivity contribution in [1.82, 2.24) is 0 Å². The summed E-state index contributed by atoms with van der Waals surface area (Å²) in [5.41, 5.74) is 12.7. The number of carboxylic acid groups (broad SMARTS) is 2. The molecule has 0 radical (unpaired) electrons. The standard InChI is InChI=1S/C18H21NO2.C18H18O3/c2*1-13(18(20)21)11-17(19)12-14-7-9-16(10-8-14)15-5-3-2-4-6-15/h2-10,13,17H,11-12,19H2,1H3,(H,20,21);2-10,13H,11-12H2,1H3,(H,20,21)/t13-,17+;13-/m11/s1. The van der Waals surface area contributed by atoms with Crippen molar-refractivity contribution < 1.29 is 24.6 Å². The van der Waals surface area contributed by atoms with E-state index in [1.165, 1.54) is 11.1 Å². The number of hydrogen-bond donors (Lipinski definition) is 3. The van der Waals surface area contributed by atoms with E-state index in [4.69, 9.17) is 15.9 Å². The molecule has 0 heterocycles. The molecule has 3 atom stereocenters. The maximum absolute atomic E-state index is 11.8. The molecule has 6 nitrogen and oxygen atoms in total. The highest BCUT2D eigenvalue weighted by atomic mass is 16.4. The number of Topliss-reactive ketones (excluding diaryl/α,β-unsaturated/α-hetero) is 1. The molecule has 0 aliphatic heterocycles. The monoisotopic (exact) mass is 565 g/mol. The van der Waals surface area contributed by atoms with Crippen LogP contribution in [0.2, 0.25) is 0 Å². The van der Waals surface area contributed by atoms with E-state index in [-0.39, 0.29) is 24.7 Å². The SMILES string of the molecule is C[C@H](CC(=O)Cc1ccc(-c2ccccc2)cc1)C(=O)O.C[C@H](C[C@H](N)Cc1ccc(-c2ccccc2)cc1)C(=O)O. The van der Waals surface area contributed by atoms with Gasteiger partial charge in [0.05, 0.1) is 11.8 Å². The first-order valence-corrected chi connectivity index (χ1v) is 14.1. The van der Waals surface area contributed by atoms with Crippen LogP contribution in [0.1, 0.15) is 37.8 Å². The predicted molar refractivity (Wildman–Crippen MR) is 167 cm³/mol. The zero-order valence-corrected chi connectivity index (χ0v) is 24.1. The van der Waals surface area contributed by atoms with Crippen LogP contribution in [0.25, 0.3) is 22.3 Å². The number of benzene rings is 4. The first kappa shape index (κ1) is 32.0. The number of hydrogen-bond acceptors (Lipinski definition) is 4. The first-order chi connectivity index (χ1) is 20.1. The molecule has 4 aromatic carbocycles. The molecule has 218 valence electrons. The van der Waals surface area contributed by atoms with E-state index >= 15 is 0 Å². The minimum Gasteiger partial charge on any atom is -0.481 e. The van der Waals surface area contributed by atoms with Gasteiger partial charge in [0.1, 0.15) is 5.78 Å². The molecule has 0 saturated heterocycles. The van der Waals surface area contributed by atoms with Crippen LogP contribution >= 0.6 is 0 Å². The van der Waals surface area contributed by atoms with E-state index < -0.39 is 23.8 Å². The predicted octanol–water partition coefficient (Wildman–Crippen LogP) is 6.91. The Kier molecular flexibility index (Phi) is 12.2. The minimum absolute atomic E-state index is 0.0441. The zero-order valence-electron chi connectivity index (χ0n) is 24.1. The van der Waals surface area contributed by atoms with Gasteiger partial charge in [0.25, 0.3) is 0 Å². The Hall–Kier alpha value is -4.55. The van der Waals surface area contributed by atoms with Gasteiger partial charge in [-0.15, -0.1) is 0 Å². The summed E-state index contributed by atoms with van der Waals surface area (Å²) in [5.74, 6) is -2.78. The molecule has 0 aromatic heterocycles. The van der Waals surface area contributed by atoms with Gasteiger partial charge < -0.3 is 15.9 Å². The van der Waals surface area contributed by atoms with Crippen molar-refractivity contribution in [3.63, 3.8) is 0 Å². The number of nitrogens with two attached hydrogens (primary N) is 1. The van der Waals surface area contributed by atoms with Gasteiger partial charge >= 0.3 is 11.9 Å². The normalized spacial score (nSPS) is 12.7. The highest BCUT2D eigenvalue weighted by Crippen LogP contribution is 2.21. The second-order valence-electron chi connectivity index (χ2n) is 10.7. The minimum atomic E-state index is -0.928.